The van der Waals surface area contributed by atoms with Crippen LogP contribution in [0.5, 0.6) is 0 Å². The van der Waals surface area contributed by atoms with E-state index in [1.54, 1.807) is 57.5 Å². The summed E-state index contributed by atoms with van der Waals surface area (Å²) >= 11 is 0. The number of carbonyl (C=O) groups is 3. The van der Waals surface area contributed by atoms with Gasteiger partial charge in [0.1, 0.15) is 22.1 Å². The molecule has 6 atom stereocenters. The summed E-state index contributed by atoms with van der Waals surface area (Å²) in [6, 6.07) is 0. The zero-order valence-electron chi connectivity index (χ0n) is 90.9. The molecule has 32 nitrogen and oxygen atoms in total. The topological polar surface area (TPSA) is 475 Å². The lowest BCUT2D eigenvalue weighted by Gasteiger charge is -2.39. The average molecular weight is 2010 g/mol. The van der Waals surface area contributed by atoms with Gasteiger partial charge in [0, 0.05) is 111 Å². The number of hydrogen-bond donors (Lipinski definition) is 11. The van der Waals surface area contributed by atoms with Gasteiger partial charge >= 0.3 is 6.09 Å². The van der Waals surface area contributed by atoms with Crippen molar-refractivity contribution >= 4 is 73.6 Å². The summed E-state index contributed by atoms with van der Waals surface area (Å²) in [4.78, 5) is 46.1. The predicted octanol–water partition coefficient (Wildman–Crippen LogP) is 16.5. The number of carbonyl (C=O) groups excluding carboxylic acids is 3. The fourth-order valence-corrected chi connectivity index (χ4v) is 18.4. The molecule has 0 aromatic carbocycles. The molecule has 2 aromatic heterocycles. The Kier molecular flexibility index (Phi) is 59.6. The molecule has 1 saturated carbocycles. The van der Waals surface area contributed by atoms with Gasteiger partial charge in [-0.2, -0.15) is 0 Å². The average Bonchev–Trinajstić information content (AvgIpc) is 1.69. The largest absolute Gasteiger partial charge is 0.444 e. The molecule has 3 aliphatic rings. The second kappa shape index (κ2) is 58.8. The van der Waals surface area contributed by atoms with Gasteiger partial charge in [-0.05, 0) is 198 Å². The number of amides is 2. The third kappa shape index (κ3) is 72.8. The Hall–Kier alpha value is -4.45. The van der Waals surface area contributed by atoms with Crippen LogP contribution in [-0.4, -0.2) is 234 Å². The van der Waals surface area contributed by atoms with Crippen LogP contribution in [0.4, 0.5) is 4.79 Å². The van der Waals surface area contributed by atoms with Crippen molar-refractivity contribution in [1.82, 2.24) is 48.1 Å². The van der Waals surface area contributed by atoms with Crippen LogP contribution in [0.1, 0.15) is 369 Å². The number of likely N-dealkylation sites (tertiary alicyclic amines) is 1. The summed E-state index contributed by atoms with van der Waals surface area (Å²) in [5.41, 5.74) is 1.39. The molecule has 6 unspecified atom stereocenters. The van der Waals surface area contributed by atoms with Gasteiger partial charge in [0.2, 0.25) is 36.0 Å². The summed E-state index contributed by atoms with van der Waals surface area (Å²) in [5.74, 6) is 2.11. The van der Waals surface area contributed by atoms with Crippen molar-refractivity contribution in [3.8, 4) is 0 Å². The van der Waals surface area contributed by atoms with E-state index in [-0.39, 0.29) is 121 Å². The van der Waals surface area contributed by atoms with Crippen molar-refractivity contribution in [3.05, 3.63) is 35.1 Å². The van der Waals surface area contributed by atoms with Crippen molar-refractivity contribution in [2.75, 3.05) is 72.3 Å². The molecule has 2 fully saturated rings. The molecule has 37 heteroatoms. The molecule has 5 rings (SSSR count). The highest BCUT2D eigenvalue weighted by Crippen LogP contribution is 2.36. The molecule has 4 heterocycles. The minimum Gasteiger partial charge on any atom is -0.444 e. The molecule has 11 N–H and O–H groups in total. The van der Waals surface area contributed by atoms with E-state index >= 15 is 0 Å². The van der Waals surface area contributed by atoms with Crippen LogP contribution in [0.25, 0.3) is 0 Å². The monoisotopic (exact) mass is 2010 g/mol. The Morgan fingerprint density at radius 3 is 1.21 bits per heavy atom. The number of ketones is 1. The molecule has 1 aliphatic carbocycles. The number of nitrogens with zero attached hydrogens (tertiary/aromatic N) is 6. The van der Waals surface area contributed by atoms with E-state index in [2.05, 4.69) is 129 Å². The first-order chi connectivity index (χ1) is 59.8. The number of rotatable bonds is 34. The molecule has 1 saturated heterocycles. The number of ether oxygens (including phenoxy) is 1. The van der Waals surface area contributed by atoms with Crippen LogP contribution >= 0.6 is 0 Å². The molecule has 0 bridgehead atoms. The summed E-state index contributed by atoms with van der Waals surface area (Å²) in [6.45, 7) is 77.0. The lowest BCUT2D eigenvalue weighted by atomic mass is 9.75. The molecule has 2 aliphatic heterocycles. The number of aromatic nitrogens is 3. The van der Waals surface area contributed by atoms with E-state index in [0.717, 1.165) is 69.9 Å². The van der Waals surface area contributed by atoms with Crippen LogP contribution in [0.15, 0.2) is 42.9 Å². The van der Waals surface area contributed by atoms with Crippen molar-refractivity contribution < 1.29 is 96.4 Å². The second-order valence-corrected chi connectivity index (χ2v) is 57.8. The molecule has 134 heavy (non-hydrogen) atoms. The number of piperidine rings is 1. The van der Waals surface area contributed by atoms with E-state index in [9.17, 15) is 87.1 Å². The third-order valence-corrected chi connectivity index (χ3v) is 27.9. The van der Waals surface area contributed by atoms with Crippen LogP contribution in [0.3, 0.4) is 0 Å². The number of aliphatic hydroxyl groups excluding tert-OH is 6. The lowest BCUT2D eigenvalue weighted by molar-refractivity contribution is -0.130. The first kappa shape index (κ1) is 136. The number of imidazole rings is 1. The molecule has 2 aromatic rings. The molecular weight excluding hydrogens is 1820 g/mol. The summed E-state index contributed by atoms with van der Waals surface area (Å²) < 4.78 is 140. The van der Waals surface area contributed by atoms with Crippen LogP contribution < -0.4 is 23.6 Å². The van der Waals surface area contributed by atoms with Gasteiger partial charge in [-0.3, -0.25) is 9.59 Å². The molecule has 794 valence electrons. The van der Waals surface area contributed by atoms with Crippen molar-refractivity contribution in [2.45, 2.75) is 423 Å². The van der Waals surface area contributed by atoms with Gasteiger partial charge < -0.3 is 54.3 Å². The maximum atomic E-state index is 12.0. The van der Waals surface area contributed by atoms with Gasteiger partial charge in [0.15, 0.2) is 15.8 Å². The van der Waals surface area contributed by atoms with E-state index in [4.69, 9.17) is 9.26 Å². The van der Waals surface area contributed by atoms with Crippen molar-refractivity contribution in [3.63, 3.8) is 0 Å². The number of aliphatic hydroxyl groups is 6. The van der Waals surface area contributed by atoms with Gasteiger partial charge in [0.05, 0.1) is 47.7 Å². The number of sulfonamides is 5. The zero-order chi connectivity index (χ0) is 106. The number of aliphatic imine (C=N–C) groups is 1. The number of allylic oxidation sites excluding steroid dienone is 1. The highest BCUT2D eigenvalue weighted by atomic mass is 32.2. The maximum absolute atomic E-state index is 12.0. The summed E-state index contributed by atoms with van der Waals surface area (Å²) in [6.07, 6.45) is 15.0. The summed E-state index contributed by atoms with van der Waals surface area (Å²) in [5, 5.41) is 60.9. The Bertz CT molecular complexity index is 4330. The van der Waals surface area contributed by atoms with Crippen molar-refractivity contribution in [2.24, 2.45) is 72.1 Å². The lowest BCUT2D eigenvalue weighted by Crippen LogP contribution is -2.43. The Balaban J connectivity index is -0.000000716. The first-order valence-corrected chi connectivity index (χ1v) is 55.3. The molecule has 2 amide bonds. The normalized spacial score (nSPS) is 16.2. The zero-order valence-corrected chi connectivity index (χ0v) is 95.0. The Morgan fingerprint density at radius 2 is 0.925 bits per heavy atom. The highest BCUT2D eigenvalue weighted by Gasteiger charge is 2.37. The van der Waals surface area contributed by atoms with Gasteiger partial charge in [-0.1, -0.05) is 219 Å². The highest BCUT2D eigenvalue weighted by molar-refractivity contribution is 7.93. The van der Waals surface area contributed by atoms with Gasteiger partial charge in [-0.15, -0.1) is 0 Å². The molecule has 0 spiro atoms. The number of hydrogen-bond acceptors (Lipinski definition) is 24. The number of aryl methyl sites for hydroxylation is 3. The van der Waals surface area contributed by atoms with Crippen LogP contribution in [-0.2, 0) is 71.5 Å². The van der Waals surface area contributed by atoms with E-state index in [0.29, 0.717) is 91.6 Å². The molecular formula is C97H195N11O21S5. The van der Waals surface area contributed by atoms with E-state index in [1.807, 2.05) is 143 Å². The SMILES string of the molecule is CC(C)(C)CC(O)CNS(=O)(=O)C1CC1.CC(C)(C)OC(=O)N1CCC(C(C)(C)C)CC1.CC1=NC(S(=O)(=O)NCC(O)CC(C)(C)C)=CC1.CCC(C)(CO)CC(=O)CCCC(C)(C)C.CCCC(C)(C)C.CCS(=O)(=O)NCC(O)CC(C)(C)C.CN(C)C(=O)CC(C)(C)C.Cc1nc(S(=O)(=O)NCC(O)CC(C)(C)C)cn1C.Cc1oncc1S(=O)(=O)NCC(O)CC(C)(C)C. The quantitative estimate of drug-likeness (QED) is 0.0310. The fourth-order valence-electron chi connectivity index (χ4n) is 12.9. The third-order valence-electron chi connectivity index (χ3n) is 20.5. The number of nitrogens with one attached hydrogen (secondary N) is 5. The van der Waals surface area contributed by atoms with Crippen molar-refractivity contribution in [1.29, 1.82) is 0 Å². The van der Waals surface area contributed by atoms with E-state index in [1.165, 1.54) is 26.0 Å². The van der Waals surface area contributed by atoms with Gasteiger partial charge in [-0.25, -0.2) is 80.5 Å². The van der Waals surface area contributed by atoms with Crippen LogP contribution in [0.2, 0.25) is 0 Å². The Labute approximate surface area is 815 Å². The predicted molar refractivity (Wildman–Crippen MR) is 546 cm³/mol. The van der Waals surface area contributed by atoms with Crippen LogP contribution in [0, 0.1) is 73.9 Å². The van der Waals surface area contributed by atoms with Gasteiger partial charge in [0.25, 0.3) is 20.0 Å². The standard InChI is InChI=1S/C14H27NO2.C14H28O2.C12H23N3O3S.C12H22N2O3S.C11H20N2O4S.C10H21NO3S.C9H21NO3S.C8H17NO.C7H16/c1-13(2,3)11-7-9-15(10-8-11)12(16)17-14(4,5)6;1-6-14(5,11-15)10-12(16)8-7-9-13(2,3)4;1-9-14-11(8-15(9)5)19(17,18)13-7-10(16)6-12(2,3)4;1-9-5-6-11(14-9)18(16,17)13-8-10(15)7-12(2,3)4;1-8-10(7-12-17-8)18(15,16)13-6-9(14)5-11(2,3)4;1-10(2,3)6-8(12)7-11-15(13,14)9-4-5-9;1-5-14(12,13)10-7-8(11)6-9(2,3)4;1-8(2,3)6-7(10)9(4)5;1-5-6-7(2,3)4/h11H,7-10H2,1-6H3;15H,6-11H2,1-5H3;8,10,13,16H,6-7H2,1-5H3;6,10,13,15H,5,7-8H2,1-4H3;7,9,13-14H,5-6H2,1-4H3;8-9,11-12H,4-7H2,1-3H3;8,10-11H,5-7H2,1-4H3;6H2,1-5H3;5-6H2,1-4H3. The second-order valence-electron chi connectivity index (χ2n) is 48.5. The molecule has 0 radical (unpaired) electrons. The minimum absolute atomic E-state index is 0.00474. The smallest absolute Gasteiger partial charge is 0.410 e. The first-order valence-electron chi connectivity index (χ1n) is 47.6. The Morgan fingerprint density at radius 1 is 0.530 bits per heavy atom. The summed E-state index contributed by atoms with van der Waals surface area (Å²) in [7, 11) is -11.9. The number of Topliss-reactive ketones (excluding diaryl/α,β-unsaturated/α-hetero) is 1. The minimum atomic E-state index is -3.66. The van der Waals surface area contributed by atoms with E-state index < -0.39 is 86.2 Å². The fraction of sp³-hybridized carbons (Fsp3) is 0.876. The maximum Gasteiger partial charge on any atom is 0.410 e.